The van der Waals surface area contributed by atoms with Crippen molar-refractivity contribution in [3.63, 3.8) is 0 Å². The van der Waals surface area contributed by atoms with Crippen LogP contribution in [0.25, 0.3) is 0 Å². The average Bonchev–Trinajstić information content (AvgIpc) is 3.20. The lowest BCUT2D eigenvalue weighted by molar-refractivity contribution is -0.119. The Morgan fingerprint density at radius 3 is 2.00 bits per heavy atom. The van der Waals surface area contributed by atoms with Gasteiger partial charge >= 0.3 is 0 Å². The fourth-order valence-electron chi connectivity index (χ4n) is 5.57. The Kier molecular flexibility index (Phi) is 7.57. The molecule has 1 aromatic heterocycles. The second-order valence-corrected chi connectivity index (χ2v) is 15.0. The molecule has 7 heteroatoms. The number of carbonyl (C=O) groups is 1. The molecule has 1 aliphatic rings. The van der Waals surface area contributed by atoms with E-state index in [0.29, 0.717) is 12.5 Å². The van der Waals surface area contributed by atoms with Gasteiger partial charge in [0.2, 0.25) is 5.91 Å². The third-order valence-corrected chi connectivity index (χ3v) is 12.3. The topological polar surface area (TPSA) is 69.0 Å². The quantitative estimate of drug-likeness (QED) is 0.507. The zero-order valence-electron chi connectivity index (χ0n) is 21.6. The van der Waals surface area contributed by atoms with Crippen LogP contribution in [0.5, 0.6) is 0 Å². The van der Waals surface area contributed by atoms with Crippen molar-refractivity contribution in [3.05, 3.63) is 72.3 Å². The van der Waals surface area contributed by atoms with Crippen molar-refractivity contribution >= 4 is 24.6 Å². The summed E-state index contributed by atoms with van der Waals surface area (Å²) in [5.74, 6) is 2.29. The second-order valence-electron chi connectivity index (χ2n) is 10.7. The molecule has 3 aromatic rings. The first-order chi connectivity index (χ1) is 16.7. The monoisotopic (exact) mass is 490 g/mol. The third kappa shape index (κ3) is 5.26. The molecular formula is C28H38N4O2Si. The van der Waals surface area contributed by atoms with Crippen molar-refractivity contribution < 1.29 is 9.22 Å². The minimum absolute atomic E-state index is 0.0508. The molecule has 0 atom stereocenters. The molecule has 35 heavy (non-hydrogen) atoms. The van der Waals surface area contributed by atoms with Gasteiger partial charge in [-0.1, -0.05) is 81.4 Å². The number of amides is 1. The van der Waals surface area contributed by atoms with Crippen LogP contribution in [-0.4, -0.2) is 35.0 Å². The van der Waals surface area contributed by atoms with Gasteiger partial charge in [-0.05, 0) is 41.1 Å². The molecule has 4 rings (SSSR count). The van der Waals surface area contributed by atoms with Crippen LogP contribution in [0.2, 0.25) is 5.04 Å². The van der Waals surface area contributed by atoms with E-state index in [1.165, 1.54) is 10.4 Å². The molecule has 1 aliphatic carbocycles. The van der Waals surface area contributed by atoms with Gasteiger partial charge in [-0.3, -0.25) is 4.79 Å². The molecule has 1 amide bonds. The Morgan fingerprint density at radius 2 is 1.51 bits per heavy atom. The summed E-state index contributed by atoms with van der Waals surface area (Å²) in [7, 11) is -0.577. The summed E-state index contributed by atoms with van der Waals surface area (Å²) in [6.07, 6.45) is 3.97. The van der Waals surface area contributed by atoms with Crippen LogP contribution < -0.4 is 15.7 Å². The highest BCUT2D eigenvalue weighted by Gasteiger charge is 2.50. The maximum Gasteiger partial charge on any atom is 0.261 e. The predicted molar refractivity (Wildman–Crippen MR) is 142 cm³/mol. The third-order valence-electron chi connectivity index (χ3n) is 7.33. The van der Waals surface area contributed by atoms with Gasteiger partial charge in [-0.15, -0.1) is 10.2 Å². The summed E-state index contributed by atoms with van der Waals surface area (Å²) in [6, 6.07) is 21.6. The second kappa shape index (κ2) is 10.5. The highest BCUT2D eigenvalue weighted by molar-refractivity contribution is 6.99. The lowest BCUT2D eigenvalue weighted by Crippen LogP contribution is -2.66. The first kappa shape index (κ1) is 25.3. The van der Waals surface area contributed by atoms with Crippen LogP contribution in [0.4, 0.5) is 0 Å². The molecule has 0 spiro atoms. The summed E-state index contributed by atoms with van der Waals surface area (Å²) in [5, 5.41) is 14.7. The SMILES string of the molecule is CC(=O)NC1CCC(c2nnc(CO[Si](c3ccccc3)(c3ccccc3)C(C)(C)C)n2C)CC1. The molecule has 1 N–H and O–H groups in total. The van der Waals surface area contributed by atoms with Crippen molar-refractivity contribution in [1.29, 1.82) is 0 Å². The molecule has 0 unspecified atom stereocenters. The van der Waals surface area contributed by atoms with Crippen LogP contribution >= 0.6 is 0 Å². The van der Waals surface area contributed by atoms with Gasteiger partial charge in [0.1, 0.15) is 5.82 Å². The van der Waals surface area contributed by atoms with Gasteiger partial charge in [0.25, 0.3) is 8.32 Å². The van der Waals surface area contributed by atoms with Crippen molar-refractivity contribution in [1.82, 2.24) is 20.1 Å². The average molecular weight is 491 g/mol. The summed E-state index contributed by atoms with van der Waals surface area (Å²) in [5.41, 5.74) is 0. The molecule has 2 aromatic carbocycles. The van der Waals surface area contributed by atoms with Gasteiger partial charge in [0, 0.05) is 25.9 Å². The molecule has 1 heterocycles. The highest BCUT2D eigenvalue weighted by atomic mass is 28.4. The van der Waals surface area contributed by atoms with E-state index in [9.17, 15) is 4.79 Å². The number of hydrogen-bond donors (Lipinski definition) is 1. The largest absolute Gasteiger partial charge is 0.400 e. The summed E-state index contributed by atoms with van der Waals surface area (Å²) < 4.78 is 9.19. The van der Waals surface area contributed by atoms with E-state index in [4.69, 9.17) is 4.43 Å². The molecule has 0 radical (unpaired) electrons. The standard InChI is InChI=1S/C28H38N4O2Si/c1-21(33)29-23-18-16-22(17-19-23)27-31-30-26(32(27)5)20-34-35(28(2,3)4,24-12-8-6-9-13-24)25-14-10-7-11-15-25/h6-15,22-23H,16-20H2,1-5H3,(H,29,33). The maximum absolute atomic E-state index is 11.4. The van der Waals surface area contributed by atoms with Crippen LogP contribution in [0.15, 0.2) is 60.7 Å². The number of benzene rings is 2. The number of nitrogens with one attached hydrogen (secondary N) is 1. The van der Waals surface area contributed by atoms with E-state index < -0.39 is 8.32 Å². The first-order valence-electron chi connectivity index (χ1n) is 12.6. The van der Waals surface area contributed by atoms with Gasteiger partial charge < -0.3 is 14.3 Å². The van der Waals surface area contributed by atoms with Gasteiger partial charge in [-0.2, -0.15) is 0 Å². The van der Waals surface area contributed by atoms with E-state index in [1.54, 1.807) is 6.92 Å². The fourth-order valence-corrected chi connectivity index (χ4v) is 10.1. The van der Waals surface area contributed by atoms with E-state index in [1.807, 2.05) is 0 Å². The van der Waals surface area contributed by atoms with Gasteiger partial charge in [-0.25, -0.2) is 0 Å². The summed E-state index contributed by atoms with van der Waals surface area (Å²) in [4.78, 5) is 11.4. The number of hydrogen-bond acceptors (Lipinski definition) is 4. The Bertz CT molecular complexity index is 1080. The first-order valence-corrected chi connectivity index (χ1v) is 14.5. The van der Waals surface area contributed by atoms with E-state index in [2.05, 4.69) is 109 Å². The lowest BCUT2D eigenvalue weighted by atomic mass is 9.85. The molecule has 1 saturated carbocycles. The minimum Gasteiger partial charge on any atom is -0.400 e. The van der Waals surface area contributed by atoms with Crippen LogP contribution in [-0.2, 0) is 22.9 Å². The summed E-state index contributed by atoms with van der Waals surface area (Å²) in [6.45, 7) is 8.86. The zero-order valence-corrected chi connectivity index (χ0v) is 22.6. The fraction of sp³-hybridized carbons (Fsp3) is 0.464. The molecule has 1 fully saturated rings. The number of aromatic nitrogens is 3. The molecule has 0 bridgehead atoms. The molecule has 0 aliphatic heterocycles. The number of carbonyl (C=O) groups excluding carboxylic acids is 1. The minimum atomic E-state index is -2.63. The highest BCUT2D eigenvalue weighted by Crippen LogP contribution is 2.37. The van der Waals surface area contributed by atoms with Crippen LogP contribution in [0, 0.1) is 0 Å². The van der Waals surface area contributed by atoms with Crippen LogP contribution in [0.1, 0.15) is 70.9 Å². The predicted octanol–water partition coefficient (Wildman–Crippen LogP) is 4.05. The lowest BCUT2D eigenvalue weighted by Gasteiger charge is -2.42. The van der Waals surface area contributed by atoms with Crippen molar-refractivity contribution in [2.45, 2.75) is 77.0 Å². The van der Waals surface area contributed by atoms with Gasteiger partial charge in [0.15, 0.2) is 5.82 Å². The Balaban J connectivity index is 1.59. The summed E-state index contributed by atoms with van der Waals surface area (Å²) >= 11 is 0. The zero-order chi connectivity index (χ0) is 25.1. The molecule has 186 valence electrons. The number of nitrogens with zero attached hydrogens (tertiary/aromatic N) is 3. The number of rotatable bonds is 7. The van der Waals surface area contributed by atoms with E-state index >= 15 is 0 Å². The molecule has 0 saturated heterocycles. The molecular weight excluding hydrogens is 452 g/mol. The van der Waals surface area contributed by atoms with Crippen LogP contribution in [0.3, 0.4) is 0 Å². The van der Waals surface area contributed by atoms with Crippen molar-refractivity contribution in [2.75, 3.05) is 0 Å². The smallest absolute Gasteiger partial charge is 0.261 e. The van der Waals surface area contributed by atoms with Gasteiger partial charge in [0.05, 0.1) is 6.61 Å². The van der Waals surface area contributed by atoms with E-state index in [0.717, 1.165) is 37.3 Å². The van der Waals surface area contributed by atoms with E-state index in [-0.39, 0.29) is 17.0 Å². The Labute approximate surface area is 210 Å². The normalized spacial score (nSPS) is 18.9. The molecule has 6 nitrogen and oxygen atoms in total. The maximum atomic E-state index is 11.4. The van der Waals surface area contributed by atoms with Crippen molar-refractivity contribution in [2.24, 2.45) is 7.05 Å². The Morgan fingerprint density at radius 1 is 0.971 bits per heavy atom. The van der Waals surface area contributed by atoms with Crippen molar-refractivity contribution in [3.8, 4) is 0 Å². The Hall–Kier alpha value is -2.77.